The third-order valence-corrected chi connectivity index (χ3v) is 3.10. The lowest BCUT2D eigenvalue weighted by Gasteiger charge is -2.25. The molecule has 2 rings (SSSR count). The van der Waals surface area contributed by atoms with Crippen LogP contribution in [0.3, 0.4) is 0 Å². The van der Waals surface area contributed by atoms with Crippen molar-refractivity contribution in [2.75, 3.05) is 11.4 Å². The molecule has 23 heavy (non-hydrogen) atoms. The Morgan fingerprint density at radius 2 is 2.13 bits per heavy atom. The maximum absolute atomic E-state index is 13.3. The van der Waals surface area contributed by atoms with Crippen LogP contribution in [-0.4, -0.2) is 33.0 Å². The number of hydrogen-bond donors (Lipinski definition) is 0. The molecule has 0 aliphatic heterocycles. The Hall–Kier alpha value is -2.15. The number of rotatable bonds is 3. The monoisotopic (exact) mass is 340 g/mol. The second kappa shape index (κ2) is 6.54. The third-order valence-electron chi connectivity index (χ3n) is 2.83. The summed E-state index contributed by atoms with van der Waals surface area (Å²) in [7, 11) is 0. The van der Waals surface area contributed by atoms with E-state index in [2.05, 4.69) is 10.1 Å². The zero-order chi connectivity index (χ0) is 17.2. The average Bonchev–Trinajstić information content (AvgIpc) is 2.80. The van der Waals surface area contributed by atoms with E-state index in [4.69, 9.17) is 16.3 Å². The van der Waals surface area contributed by atoms with Crippen LogP contribution >= 0.6 is 11.6 Å². The zero-order valence-corrected chi connectivity index (χ0v) is 14.1. The van der Waals surface area contributed by atoms with E-state index in [0.29, 0.717) is 17.9 Å². The number of amides is 1. The van der Waals surface area contributed by atoms with Gasteiger partial charge in [0.15, 0.2) is 5.15 Å². The molecular formula is C15H18ClFN4O2. The van der Waals surface area contributed by atoms with Crippen molar-refractivity contribution in [3.63, 3.8) is 0 Å². The van der Waals surface area contributed by atoms with E-state index in [9.17, 15) is 9.18 Å². The predicted octanol–water partition coefficient (Wildman–Crippen LogP) is 3.82. The van der Waals surface area contributed by atoms with E-state index in [1.807, 2.05) is 0 Å². The van der Waals surface area contributed by atoms with E-state index >= 15 is 0 Å². The first-order chi connectivity index (χ1) is 10.7. The number of carbonyl (C=O) groups is 1. The molecule has 2 heterocycles. The number of carbonyl (C=O) groups excluding carboxylic acids is 1. The van der Waals surface area contributed by atoms with E-state index in [1.165, 1.54) is 28.0 Å². The average molecular weight is 341 g/mol. The van der Waals surface area contributed by atoms with Gasteiger partial charge >= 0.3 is 6.09 Å². The summed E-state index contributed by atoms with van der Waals surface area (Å²) >= 11 is 6.13. The molecule has 0 unspecified atom stereocenters. The van der Waals surface area contributed by atoms with Crippen LogP contribution in [0.5, 0.6) is 0 Å². The number of nitrogens with zero attached hydrogens (tertiary/aromatic N) is 4. The molecule has 0 spiro atoms. The number of anilines is 1. The molecule has 124 valence electrons. The Labute approximate surface area is 138 Å². The Morgan fingerprint density at radius 3 is 2.70 bits per heavy atom. The van der Waals surface area contributed by atoms with Crippen molar-refractivity contribution in [2.45, 2.75) is 33.3 Å². The summed E-state index contributed by atoms with van der Waals surface area (Å²) < 4.78 is 20.0. The van der Waals surface area contributed by atoms with Crippen molar-refractivity contribution in [3.8, 4) is 5.69 Å². The van der Waals surface area contributed by atoms with E-state index in [-0.39, 0.29) is 5.15 Å². The van der Waals surface area contributed by atoms with Crippen LogP contribution in [0, 0.1) is 5.82 Å². The molecule has 0 saturated heterocycles. The molecule has 0 atom stereocenters. The van der Waals surface area contributed by atoms with Crippen LogP contribution in [0.25, 0.3) is 5.69 Å². The molecule has 8 heteroatoms. The minimum atomic E-state index is -0.626. The maximum Gasteiger partial charge on any atom is 0.414 e. The summed E-state index contributed by atoms with van der Waals surface area (Å²) in [6.07, 6.45) is 3.54. The molecular weight excluding hydrogens is 323 g/mol. The van der Waals surface area contributed by atoms with E-state index in [1.54, 1.807) is 27.7 Å². The van der Waals surface area contributed by atoms with Crippen LogP contribution in [0.15, 0.2) is 24.7 Å². The normalized spacial score (nSPS) is 11.4. The van der Waals surface area contributed by atoms with Gasteiger partial charge in [0.2, 0.25) is 0 Å². The summed E-state index contributed by atoms with van der Waals surface area (Å²) in [6.45, 7) is 7.48. The summed E-state index contributed by atoms with van der Waals surface area (Å²) in [4.78, 5) is 17.4. The SMILES string of the molecule is CCN(C(=O)OC(C)(C)C)c1cn(-c2cncc(F)c2)nc1Cl. The lowest BCUT2D eigenvalue weighted by atomic mass is 10.2. The molecule has 0 fully saturated rings. The molecule has 0 aromatic carbocycles. The summed E-state index contributed by atoms with van der Waals surface area (Å²) in [6, 6.07) is 1.27. The van der Waals surface area contributed by atoms with Crippen molar-refractivity contribution in [2.24, 2.45) is 0 Å². The van der Waals surface area contributed by atoms with Gasteiger partial charge in [-0.05, 0) is 27.7 Å². The first kappa shape index (κ1) is 17.2. The second-order valence-corrected chi connectivity index (χ2v) is 6.19. The highest BCUT2D eigenvalue weighted by Gasteiger charge is 2.25. The highest BCUT2D eigenvalue weighted by atomic mass is 35.5. The number of hydrogen-bond acceptors (Lipinski definition) is 4. The molecule has 1 amide bonds. The van der Waals surface area contributed by atoms with Gasteiger partial charge in [-0.25, -0.2) is 13.9 Å². The van der Waals surface area contributed by atoms with Crippen molar-refractivity contribution in [1.82, 2.24) is 14.8 Å². The molecule has 0 aliphatic carbocycles. The fourth-order valence-corrected chi connectivity index (χ4v) is 2.13. The summed E-state index contributed by atoms with van der Waals surface area (Å²) in [5.41, 5.74) is 0.158. The molecule has 0 saturated carbocycles. The molecule has 2 aromatic rings. The Morgan fingerprint density at radius 1 is 1.43 bits per heavy atom. The number of aromatic nitrogens is 3. The van der Waals surface area contributed by atoms with Gasteiger partial charge in [-0.15, -0.1) is 0 Å². The Kier molecular flexibility index (Phi) is 4.89. The first-order valence-electron chi connectivity index (χ1n) is 7.08. The topological polar surface area (TPSA) is 60.2 Å². The van der Waals surface area contributed by atoms with Gasteiger partial charge in [-0.3, -0.25) is 9.88 Å². The molecule has 0 aliphatic rings. The van der Waals surface area contributed by atoms with Crippen molar-refractivity contribution >= 4 is 23.4 Å². The van der Waals surface area contributed by atoms with Gasteiger partial charge in [0.05, 0.1) is 24.3 Å². The van der Waals surface area contributed by atoms with Gasteiger partial charge < -0.3 is 4.74 Å². The minimum absolute atomic E-state index is 0.113. The van der Waals surface area contributed by atoms with Gasteiger partial charge in [0.1, 0.15) is 17.1 Å². The lowest BCUT2D eigenvalue weighted by Crippen LogP contribution is -2.36. The number of pyridine rings is 1. The number of ether oxygens (including phenoxy) is 1. The van der Waals surface area contributed by atoms with Crippen molar-refractivity contribution in [1.29, 1.82) is 0 Å². The third kappa shape index (κ3) is 4.19. The van der Waals surface area contributed by atoms with Crippen LogP contribution in [0.4, 0.5) is 14.9 Å². The quantitative estimate of drug-likeness (QED) is 0.852. The van der Waals surface area contributed by atoms with Gasteiger partial charge in [-0.2, -0.15) is 5.10 Å². The largest absolute Gasteiger partial charge is 0.443 e. The Bertz CT molecular complexity index is 712. The first-order valence-corrected chi connectivity index (χ1v) is 7.45. The standard InChI is InChI=1S/C15H18ClFN4O2/c1-5-20(14(22)23-15(2,3)4)12-9-21(19-13(12)16)11-6-10(17)7-18-8-11/h6-9H,5H2,1-4H3. The number of halogens is 2. The summed E-state index contributed by atoms with van der Waals surface area (Å²) in [5, 5.41) is 4.21. The van der Waals surface area contributed by atoms with Gasteiger partial charge in [-0.1, -0.05) is 11.6 Å². The molecule has 2 aromatic heterocycles. The molecule has 0 radical (unpaired) electrons. The van der Waals surface area contributed by atoms with E-state index in [0.717, 1.165) is 6.20 Å². The highest BCUT2D eigenvalue weighted by Crippen LogP contribution is 2.27. The zero-order valence-electron chi connectivity index (χ0n) is 13.4. The van der Waals surface area contributed by atoms with Crippen LogP contribution in [0.1, 0.15) is 27.7 Å². The molecule has 6 nitrogen and oxygen atoms in total. The lowest BCUT2D eigenvalue weighted by molar-refractivity contribution is 0.0582. The minimum Gasteiger partial charge on any atom is -0.443 e. The second-order valence-electron chi connectivity index (χ2n) is 5.84. The van der Waals surface area contributed by atoms with Gasteiger partial charge in [0.25, 0.3) is 0 Å². The molecule has 0 bridgehead atoms. The highest BCUT2D eigenvalue weighted by molar-refractivity contribution is 6.32. The molecule has 0 N–H and O–H groups in total. The maximum atomic E-state index is 13.3. The fraction of sp³-hybridized carbons (Fsp3) is 0.400. The van der Waals surface area contributed by atoms with E-state index < -0.39 is 17.5 Å². The smallest absolute Gasteiger partial charge is 0.414 e. The van der Waals surface area contributed by atoms with Crippen molar-refractivity contribution < 1.29 is 13.9 Å². The van der Waals surface area contributed by atoms with Gasteiger partial charge in [0, 0.05) is 12.6 Å². The fourth-order valence-electron chi connectivity index (χ4n) is 1.90. The predicted molar refractivity (Wildman–Crippen MR) is 85.6 cm³/mol. The van der Waals surface area contributed by atoms with Crippen LogP contribution in [-0.2, 0) is 4.74 Å². The summed E-state index contributed by atoms with van der Waals surface area (Å²) in [5.74, 6) is -0.491. The van der Waals surface area contributed by atoms with Crippen LogP contribution < -0.4 is 4.90 Å². The Balaban J connectivity index is 2.34. The van der Waals surface area contributed by atoms with Crippen LogP contribution in [0.2, 0.25) is 5.15 Å². The van der Waals surface area contributed by atoms with Crippen molar-refractivity contribution in [3.05, 3.63) is 35.6 Å².